The van der Waals surface area contributed by atoms with Gasteiger partial charge in [0.05, 0.1) is 6.04 Å². The summed E-state index contributed by atoms with van der Waals surface area (Å²) in [6.45, 7) is 1.03. The molecule has 1 aromatic heterocycles. The Morgan fingerprint density at radius 3 is 2.61 bits per heavy atom. The SMILES string of the molecule is CN1CC(NC(=O)NCc2ccccc2)CC1c1nc(-c2ccc(OC(F)(F)F)cc2)no1. The van der Waals surface area contributed by atoms with Crippen LogP contribution < -0.4 is 15.4 Å². The molecule has 1 aliphatic heterocycles. The van der Waals surface area contributed by atoms with Crippen molar-refractivity contribution in [3.05, 3.63) is 66.1 Å². The molecule has 11 heteroatoms. The fraction of sp³-hybridized carbons (Fsp3) is 0.318. The summed E-state index contributed by atoms with van der Waals surface area (Å²) in [5.41, 5.74) is 1.50. The Kier molecular flexibility index (Phi) is 6.50. The summed E-state index contributed by atoms with van der Waals surface area (Å²) in [6.07, 6.45) is -4.17. The number of likely N-dealkylation sites (N-methyl/N-ethyl adjacent to an activating group) is 1. The van der Waals surface area contributed by atoms with Gasteiger partial charge in [0.2, 0.25) is 11.7 Å². The lowest BCUT2D eigenvalue weighted by atomic mass is 10.1. The van der Waals surface area contributed by atoms with Crippen LogP contribution in [0.1, 0.15) is 23.9 Å². The number of likely N-dealkylation sites (tertiary alicyclic amines) is 1. The van der Waals surface area contributed by atoms with Gasteiger partial charge >= 0.3 is 12.4 Å². The second-order valence-electron chi connectivity index (χ2n) is 7.73. The largest absolute Gasteiger partial charge is 0.573 e. The van der Waals surface area contributed by atoms with Crippen molar-refractivity contribution in [2.75, 3.05) is 13.6 Å². The van der Waals surface area contributed by atoms with Gasteiger partial charge in [-0.2, -0.15) is 4.98 Å². The van der Waals surface area contributed by atoms with E-state index < -0.39 is 6.36 Å². The Labute approximate surface area is 187 Å². The quantitative estimate of drug-likeness (QED) is 0.579. The summed E-state index contributed by atoms with van der Waals surface area (Å²) in [5, 5.41) is 9.74. The maximum absolute atomic E-state index is 12.3. The van der Waals surface area contributed by atoms with E-state index in [2.05, 4.69) is 25.5 Å². The van der Waals surface area contributed by atoms with E-state index in [1.807, 2.05) is 42.3 Å². The van der Waals surface area contributed by atoms with E-state index in [9.17, 15) is 18.0 Å². The Morgan fingerprint density at radius 2 is 1.91 bits per heavy atom. The highest BCUT2D eigenvalue weighted by Gasteiger charge is 2.35. The number of amides is 2. The van der Waals surface area contributed by atoms with Gasteiger partial charge in [-0.3, -0.25) is 4.90 Å². The Balaban J connectivity index is 1.33. The lowest BCUT2D eigenvalue weighted by Gasteiger charge is -2.14. The third-order valence-corrected chi connectivity index (χ3v) is 5.25. The number of aromatic nitrogens is 2. The van der Waals surface area contributed by atoms with E-state index in [1.54, 1.807) is 0 Å². The predicted octanol–water partition coefficient (Wildman–Crippen LogP) is 3.88. The van der Waals surface area contributed by atoms with Crippen molar-refractivity contribution in [1.29, 1.82) is 0 Å². The third-order valence-electron chi connectivity index (χ3n) is 5.25. The zero-order valence-electron chi connectivity index (χ0n) is 17.7. The standard InChI is InChI=1S/C22H22F3N5O3/c1-30-13-16(27-21(31)26-12-14-5-3-2-4-6-14)11-18(30)20-28-19(29-33-20)15-7-9-17(10-8-15)32-22(23,24)25/h2-10,16,18H,11-13H2,1H3,(H2,26,27,31). The Bertz CT molecular complexity index is 1070. The highest BCUT2D eigenvalue weighted by molar-refractivity contribution is 5.74. The number of nitrogens with zero attached hydrogens (tertiary/aromatic N) is 3. The molecule has 0 radical (unpaired) electrons. The highest BCUT2D eigenvalue weighted by Crippen LogP contribution is 2.31. The van der Waals surface area contributed by atoms with Gasteiger partial charge in [-0.15, -0.1) is 13.2 Å². The Hall–Kier alpha value is -3.60. The lowest BCUT2D eigenvalue weighted by Crippen LogP contribution is -2.42. The molecule has 2 amide bonds. The van der Waals surface area contributed by atoms with E-state index in [-0.39, 0.29) is 29.7 Å². The monoisotopic (exact) mass is 461 g/mol. The van der Waals surface area contributed by atoms with Gasteiger partial charge in [0, 0.05) is 24.7 Å². The number of nitrogens with one attached hydrogen (secondary N) is 2. The number of carbonyl (C=O) groups is 1. The molecule has 2 atom stereocenters. The van der Waals surface area contributed by atoms with E-state index >= 15 is 0 Å². The summed E-state index contributed by atoms with van der Waals surface area (Å²) in [6, 6.07) is 14.3. The molecule has 1 fully saturated rings. The fourth-order valence-electron chi connectivity index (χ4n) is 3.70. The van der Waals surface area contributed by atoms with Crippen LogP contribution in [-0.2, 0) is 6.54 Å². The molecule has 2 heterocycles. The highest BCUT2D eigenvalue weighted by atomic mass is 19.4. The molecule has 4 rings (SSSR count). The van der Waals surface area contributed by atoms with Gasteiger partial charge < -0.3 is 19.9 Å². The molecule has 2 N–H and O–H groups in total. The van der Waals surface area contributed by atoms with Crippen LogP contribution in [0.2, 0.25) is 0 Å². The van der Waals surface area contributed by atoms with Crippen LogP contribution in [0.3, 0.4) is 0 Å². The average molecular weight is 461 g/mol. The van der Waals surface area contributed by atoms with Gasteiger partial charge in [-0.05, 0) is 43.3 Å². The van der Waals surface area contributed by atoms with Crippen LogP contribution in [-0.4, -0.2) is 47.1 Å². The van der Waals surface area contributed by atoms with Crippen LogP contribution in [0.5, 0.6) is 5.75 Å². The molecule has 0 bridgehead atoms. The molecule has 0 spiro atoms. The molecular weight excluding hydrogens is 439 g/mol. The van der Waals surface area contributed by atoms with Crippen molar-refractivity contribution < 1.29 is 27.2 Å². The van der Waals surface area contributed by atoms with Crippen LogP contribution in [0.25, 0.3) is 11.4 Å². The fourth-order valence-corrected chi connectivity index (χ4v) is 3.70. The predicted molar refractivity (Wildman–Crippen MR) is 112 cm³/mol. The number of hydrogen-bond acceptors (Lipinski definition) is 6. The van der Waals surface area contributed by atoms with Crippen molar-refractivity contribution in [2.45, 2.75) is 31.4 Å². The molecule has 0 saturated carbocycles. The second-order valence-corrected chi connectivity index (χ2v) is 7.73. The maximum atomic E-state index is 12.3. The van der Waals surface area contributed by atoms with Gasteiger partial charge in [-0.1, -0.05) is 35.5 Å². The van der Waals surface area contributed by atoms with Crippen LogP contribution in [0.4, 0.5) is 18.0 Å². The summed E-state index contributed by atoms with van der Waals surface area (Å²) in [4.78, 5) is 18.6. The molecule has 174 valence electrons. The summed E-state index contributed by atoms with van der Waals surface area (Å²) >= 11 is 0. The number of hydrogen-bond donors (Lipinski definition) is 2. The number of alkyl halides is 3. The van der Waals surface area contributed by atoms with Crippen molar-refractivity contribution in [3.8, 4) is 17.1 Å². The van der Waals surface area contributed by atoms with Crippen LogP contribution >= 0.6 is 0 Å². The van der Waals surface area contributed by atoms with Crippen molar-refractivity contribution in [3.63, 3.8) is 0 Å². The molecule has 33 heavy (non-hydrogen) atoms. The number of ether oxygens (including phenoxy) is 1. The van der Waals surface area contributed by atoms with E-state index in [0.717, 1.165) is 5.56 Å². The number of benzene rings is 2. The summed E-state index contributed by atoms with van der Waals surface area (Å²) in [5.74, 6) is 0.302. The molecule has 2 unspecified atom stereocenters. The molecule has 1 aliphatic rings. The third kappa shape index (κ3) is 6.01. The first-order valence-electron chi connectivity index (χ1n) is 10.2. The van der Waals surface area contributed by atoms with Gasteiger partial charge in [0.15, 0.2) is 0 Å². The zero-order chi connectivity index (χ0) is 23.4. The van der Waals surface area contributed by atoms with Gasteiger partial charge in [0.25, 0.3) is 0 Å². The first-order chi connectivity index (χ1) is 15.8. The normalized spacial score (nSPS) is 18.8. The average Bonchev–Trinajstić information content (AvgIpc) is 3.39. The first kappa shape index (κ1) is 22.6. The number of carbonyl (C=O) groups excluding carboxylic acids is 1. The van der Waals surface area contributed by atoms with Gasteiger partial charge in [0.1, 0.15) is 5.75 Å². The minimum absolute atomic E-state index is 0.107. The summed E-state index contributed by atoms with van der Waals surface area (Å²) < 4.78 is 46.2. The molecule has 0 aliphatic carbocycles. The van der Waals surface area contributed by atoms with Gasteiger partial charge in [-0.25, -0.2) is 4.79 Å². The second kappa shape index (κ2) is 9.49. The van der Waals surface area contributed by atoms with E-state index in [0.29, 0.717) is 31.0 Å². The molecule has 8 nitrogen and oxygen atoms in total. The number of rotatable bonds is 6. The smallest absolute Gasteiger partial charge is 0.406 e. The zero-order valence-corrected chi connectivity index (χ0v) is 17.7. The van der Waals surface area contributed by atoms with E-state index in [4.69, 9.17) is 4.52 Å². The Morgan fingerprint density at radius 1 is 1.18 bits per heavy atom. The molecule has 2 aromatic carbocycles. The van der Waals surface area contributed by atoms with Crippen molar-refractivity contribution in [1.82, 2.24) is 25.7 Å². The molecule has 1 saturated heterocycles. The topological polar surface area (TPSA) is 92.5 Å². The number of halogens is 3. The minimum atomic E-state index is -4.75. The van der Waals surface area contributed by atoms with E-state index in [1.165, 1.54) is 24.3 Å². The molecule has 3 aromatic rings. The number of urea groups is 1. The summed E-state index contributed by atoms with van der Waals surface area (Å²) in [7, 11) is 1.89. The van der Waals surface area contributed by atoms with Crippen LogP contribution in [0.15, 0.2) is 59.1 Å². The molecular formula is C22H22F3N5O3. The first-order valence-corrected chi connectivity index (χ1v) is 10.2. The maximum Gasteiger partial charge on any atom is 0.573 e. The van der Waals surface area contributed by atoms with Crippen LogP contribution in [0, 0.1) is 0 Å². The minimum Gasteiger partial charge on any atom is -0.406 e. The van der Waals surface area contributed by atoms with Crippen molar-refractivity contribution >= 4 is 6.03 Å². The lowest BCUT2D eigenvalue weighted by molar-refractivity contribution is -0.274. The van der Waals surface area contributed by atoms with Crippen molar-refractivity contribution in [2.24, 2.45) is 0 Å².